The predicted molar refractivity (Wildman–Crippen MR) is 225 cm³/mol. The summed E-state index contributed by atoms with van der Waals surface area (Å²) in [6.45, 7) is 1.09. The molecule has 2 aliphatic rings. The molecule has 0 aromatic heterocycles. The van der Waals surface area contributed by atoms with Crippen molar-refractivity contribution in [1.29, 1.82) is 0 Å². The molecule has 0 aliphatic heterocycles. The number of aryl methyl sites for hydroxylation is 2. The van der Waals surface area contributed by atoms with Gasteiger partial charge in [0.25, 0.3) is 0 Å². The third kappa shape index (κ3) is 11.0. The molecule has 2 aliphatic carbocycles. The van der Waals surface area contributed by atoms with Crippen molar-refractivity contribution in [3.8, 4) is 33.8 Å². The fourth-order valence-electron chi connectivity index (χ4n) is 7.89. The maximum atomic E-state index is 11.5. The third-order valence-electron chi connectivity index (χ3n) is 11.1. The standard InChI is InChI=1S/C26H26O3.C25H24O3/c1-28-26(27)16-20-9-12-24-17-25(14-13-23(24)15-20)29-18-19-7-10-22(11-8-19)21-5-3-2-4-6-21;26-25(27)15-19-8-11-23-16-24(13-12-22(23)14-19)28-17-18-6-9-21(10-7-18)20-4-2-1-3-5-20/h2-8,10-11,13-14,17,20H,9,12,15-16,18H2,1H3;1-7,9-10,12-13,16,19H,8,11,14-15,17H2,(H,26,27). The van der Waals surface area contributed by atoms with Gasteiger partial charge in [0.2, 0.25) is 0 Å². The zero-order valence-corrected chi connectivity index (χ0v) is 32.6. The van der Waals surface area contributed by atoms with Crippen molar-refractivity contribution in [2.24, 2.45) is 11.8 Å². The van der Waals surface area contributed by atoms with Crippen LogP contribution in [0.25, 0.3) is 22.3 Å². The van der Waals surface area contributed by atoms with E-state index in [0.717, 1.165) is 61.2 Å². The number of aliphatic carboxylic acids is 1. The third-order valence-corrected chi connectivity index (χ3v) is 11.1. The highest BCUT2D eigenvalue weighted by atomic mass is 16.5. The zero-order chi connectivity index (χ0) is 39.4. The molecule has 57 heavy (non-hydrogen) atoms. The molecule has 0 saturated carbocycles. The number of carboxylic acid groups (broad SMARTS) is 1. The molecule has 0 amide bonds. The number of carboxylic acids is 1. The number of rotatable bonds is 12. The summed E-state index contributed by atoms with van der Waals surface area (Å²) in [6.07, 6.45) is 6.42. The lowest BCUT2D eigenvalue weighted by molar-refractivity contribution is -0.142. The van der Waals surface area contributed by atoms with Crippen molar-refractivity contribution in [1.82, 2.24) is 0 Å². The fourth-order valence-corrected chi connectivity index (χ4v) is 7.89. The van der Waals surface area contributed by atoms with Crippen LogP contribution in [0.3, 0.4) is 0 Å². The normalized spacial score (nSPS) is 15.5. The van der Waals surface area contributed by atoms with E-state index >= 15 is 0 Å². The highest BCUT2D eigenvalue weighted by molar-refractivity contribution is 5.69. The lowest BCUT2D eigenvalue weighted by Crippen LogP contribution is -2.18. The van der Waals surface area contributed by atoms with Crippen molar-refractivity contribution >= 4 is 11.9 Å². The van der Waals surface area contributed by atoms with Crippen LogP contribution in [0.1, 0.15) is 59.1 Å². The maximum absolute atomic E-state index is 11.5. The quantitative estimate of drug-likeness (QED) is 0.125. The first-order chi connectivity index (χ1) is 27.9. The first kappa shape index (κ1) is 39.1. The number of fused-ring (bicyclic) bond motifs is 2. The van der Waals surface area contributed by atoms with E-state index in [1.807, 2.05) is 36.4 Å². The number of benzene rings is 6. The first-order valence-corrected chi connectivity index (χ1v) is 19.9. The average molecular weight is 759 g/mol. The lowest BCUT2D eigenvalue weighted by atomic mass is 9.82. The van der Waals surface area contributed by atoms with E-state index in [2.05, 4.69) is 109 Å². The van der Waals surface area contributed by atoms with Gasteiger partial charge in [-0.05, 0) is 130 Å². The molecule has 290 valence electrons. The van der Waals surface area contributed by atoms with E-state index in [0.29, 0.717) is 25.6 Å². The van der Waals surface area contributed by atoms with Crippen LogP contribution >= 0.6 is 0 Å². The summed E-state index contributed by atoms with van der Waals surface area (Å²) in [6, 6.07) is 50.3. The zero-order valence-electron chi connectivity index (χ0n) is 32.6. The molecule has 1 N–H and O–H groups in total. The number of ether oxygens (including phenoxy) is 3. The van der Waals surface area contributed by atoms with Crippen LogP contribution in [0, 0.1) is 11.8 Å². The summed E-state index contributed by atoms with van der Waals surface area (Å²) >= 11 is 0. The van der Waals surface area contributed by atoms with Gasteiger partial charge in [-0.25, -0.2) is 0 Å². The smallest absolute Gasteiger partial charge is 0.305 e. The molecule has 0 bridgehead atoms. The van der Waals surface area contributed by atoms with Crippen LogP contribution in [-0.2, 0) is 53.2 Å². The summed E-state index contributed by atoms with van der Waals surface area (Å²) in [5, 5.41) is 9.00. The van der Waals surface area contributed by atoms with Crippen molar-refractivity contribution < 1.29 is 28.9 Å². The highest BCUT2D eigenvalue weighted by Gasteiger charge is 2.23. The number of carbonyl (C=O) groups excluding carboxylic acids is 1. The molecule has 0 spiro atoms. The Morgan fingerprint density at radius 3 is 1.37 bits per heavy atom. The summed E-state index contributed by atoms with van der Waals surface area (Å²) in [4.78, 5) is 22.5. The maximum Gasteiger partial charge on any atom is 0.305 e. The Labute approximate surface area is 336 Å². The number of hydrogen-bond donors (Lipinski definition) is 1. The molecule has 2 unspecified atom stereocenters. The Kier molecular flexibility index (Phi) is 13.1. The molecule has 6 aromatic carbocycles. The number of methoxy groups -OCH3 is 1. The molecule has 0 fully saturated rings. The van der Waals surface area contributed by atoms with E-state index in [-0.39, 0.29) is 18.3 Å². The second-order valence-electron chi connectivity index (χ2n) is 15.2. The lowest BCUT2D eigenvalue weighted by Gasteiger charge is -2.24. The first-order valence-electron chi connectivity index (χ1n) is 19.9. The van der Waals surface area contributed by atoms with Gasteiger partial charge in [0.1, 0.15) is 24.7 Å². The minimum atomic E-state index is -0.702. The number of esters is 1. The minimum Gasteiger partial charge on any atom is -0.489 e. The molecule has 0 saturated heterocycles. The van der Waals surface area contributed by atoms with Gasteiger partial charge in [0.05, 0.1) is 7.11 Å². The molecule has 2 atom stereocenters. The number of carbonyl (C=O) groups is 2. The van der Waals surface area contributed by atoms with Gasteiger partial charge in [-0.15, -0.1) is 0 Å². The Bertz CT molecular complexity index is 2230. The van der Waals surface area contributed by atoms with Crippen molar-refractivity contribution in [3.63, 3.8) is 0 Å². The molecule has 8 rings (SSSR count). The van der Waals surface area contributed by atoms with Crippen molar-refractivity contribution in [2.45, 2.75) is 64.6 Å². The molecule has 0 heterocycles. The van der Waals surface area contributed by atoms with Crippen LogP contribution in [0.5, 0.6) is 11.5 Å². The van der Waals surface area contributed by atoms with Gasteiger partial charge in [-0.3, -0.25) is 9.59 Å². The number of hydrogen-bond acceptors (Lipinski definition) is 5. The van der Waals surface area contributed by atoms with Crippen molar-refractivity contribution in [2.75, 3.05) is 7.11 Å². The summed E-state index contributed by atoms with van der Waals surface area (Å²) in [5.74, 6) is 1.60. The van der Waals surface area contributed by atoms with Gasteiger partial charge in [0.15, 0.2) is 0 Å². The molecule has 6 aromatic rings. The molecular weight excluding hydrogens is 709 g/mol. The van der Waals surface area contributed by atoms with Crippen molar-refractivity contribution in [3.05, 3.63) is 179 Å². The Hall–Kier alpha value is -6.14. The Balaban J connectivity index is 0.000000174. The fraction of sp³-hybridized carbons (Fsp3) is 0.255. The molecule has 0 radical (unpaired) electrons. The average Bonchev–Trinajstić information content (AvgIpc) is 3.26. The van der Waals surface area contributed by atoms with Gasteiger partial charge >= 0.3 is 11.9 Å². The van der Waals surface area contributed by atoms with Crippen LogP contribution in [0.15, 0.2) is 146 Å². The predicted octanol–water partition coefficient (Wildman–Crippen LogP) is 11.1. The second-order valence-corrected chi connectivity index (χ2v) is 15.2. The topological polar surface area (TPSA) is 82.1 Å². The summed E-state index contributed by atoms with van der Waals surface area (Å²) < 4.78 is 16.8. The second kappa shape index (κ2) is 19.1. The van der Waals surface area contributed by atoms with Crippen LogP contribution in [-0.4, -0.2) is 24.2 Å². The monoisotopic (exact) mass is 758 g/mol. The van der Waals surface area contributed by atoms with E-state index in [1.54, 1.807) is 0 Å². The minimum absolute atomic E-state index is 0.114. The van der Waals surface area contributed by atoms with Gasteiger partial charge < -0.3 is 19.3 Å². The molecular formula is C51H50O6. The SMILES string of the molecule is COC(=O)CC1CCc2cc(OCc3ccc(-c4ccccc4)cc3)ccc2C1.O=C(O)CC1CCc2cc(OCc3ccc(-c4ccccc4)cc3)ccc2C1. The Morgan fingerprint density at radius 2 is 0.947 bits per heavy atom. The summed E-state index contributed by atoms with van der Waals surface area (Å²) in [7, 11) is 1.46. The van der Waals surface area contributed by atoms with Crippen LogP contribution in [0.2, 0.25) is 0 Å². The van der Waals surface area contributed by atoms with E-state index in [4.69, 9.17) is 19.3 Å². The Morgan fingerprint density at radius 1 is 0.526 bits per heavy atom. The van der Waals surface area contributed by atoms with Crippen LogP contribution in [0.4, 0.5) is 0 Å². The van der Waals surface area contributed by atoms with E-state index in [9.17, 15) is 9.59 Å². The van der Waals surface area contributed by atoms with Gasteiger partial charge in [-0.1, -0.05) is 121 Å². The highest BCUT2D eigenvalue weighted by Crippen LogP contribution is 2.32. The van der Waals surface area contributed by atoms with Gasteiger partial charge in [0, 0.05) is 12.8 Å². The largest absolute Gasteiger partial charge is 0.489 e. The molecule has 6 heteroatoms. The van der Waals surface area contributed by atoms with Gasteiger partial charge in [-0.2, -0.15) is 0 Å². The molecule has 6 nitrogen and oxygen atoms in total. The van der Waals surface area contributed by atoms with Crippen LogP contribution < -0.4 is 9.47 Å². The summed E-state index contributed by atoms with van der Waals surface area (Å²) in [5.41, 5.74) is 12.4. The van der Waals surface area contributed by atoms with E-state index < -0.39 is 5.97 Å². The van der Waals surface area contributed by atoms with E-state index in [1.165, 1.54) is 51.6 Å².